The molecule has 2 rings (SSSR count). The summed E-state index contributed by atoms with van der Waals surface area (Å²) in [6.07, 6.45) is -4.18. The van der Waals surface area contributed by atoms with Crippen molar-refractivity contribution in [1.82, 2.24) is 4.90 Å². The number of amides is 2. The van der Waals surface area contributed by atoms with Gasteiger partial charge in [0.2, 0.25) is 6.41 Å². The number of hydrogen-bond acceptors (Lipinski definition) is 4. The van der Waals surface area contributed by atoms with Crippen molar-refractivity contribution in [1.29, 1.82) is 0 Å². The molecule has 0 atom stereocenters. The summed E-state index contributed by atoms with van der Waals surface area (Å²) < 4.78 is 45.6. The van der Waals surface area contributed by atoms with Crippen molar-refractivity contribution in [3.8, 4) is 5.75 Å². The maximum atomic E-state index is 13.0. The van der Waals surface area contributed by atoms with Gasteiger partial charge in [0, 0.05) is 24.6 Å². The molecule has 0 saturated heterocycles. The molecule has 0 N–H and O–H groups in total. The van der Waals surface area contributed by atoms with Gasteiger partial charge in [0.05, 0.1) is 5.69 Å². The molecule has 0 aliphatic carbocycles. The number of alkyl halides is 3. The van der Waals surface area contributed by atoms with Gasteiger partial charge in [-0.25, -0.2) is 4.90 Å². The SMILES string of the molecule is CN(C)/C(=C\C(=O)N(C=O)c1ccc(OCc2ccc(Br)cc2)cc1)C(F)(F)F. The molecule has 29 heavy (non-hydrogen) atoms. The summed E-state index contributed by atoms with van der Waals surface area (Å²) in [5.41, 5.74) is -0.100. The number of imide groups is 1. The number of rotatable bonds is 7. The zero-order valence-electron chi connectivity index (χ0n) is 15.6. The first-order chi connectivity index (χ1) is 13.6. The second-order valence-electron chi connectivity index (χ2n) is 6.14. The largest absolute Gasteiger partial charge is 0.489 e. The van der Waals surface area contributed by atoms with Gasteiger partial charge < -0.3 is 9.64 Å². The Bertz CT molecular complexity index is 879. The molecule has 0 aliphatic rings. The third-order valence-electron chi connectivity index (χ3n) is 3.81. The summed E-state index contributed by atoms with van der Waals surface area (Å²) >= 11 is 3.34. The summed E-state index contributed by atoms with van der Waals surface area (Å²) in [6.45, 7) is 0.309. The number of anilines is 1. The number of carbonyl (C=O) groups is 2. The number of nitrogens with zero attached hydrogens (tertiary/aromatic N) is 2. The lowest BCUT2D eigenvalue weighted by molar-refractivity contribution is -0.121. The van der Waals surface area contributed by atoms with E-state index in [-0.39, 0.29) is 12.1 Å². The molecule has 0 fully saturated rings. The highest BCUT2D eigenvalue weighted by Crippen LogP contribution is 2.27. The van der Waals surface area contributed by atoms with Gasteiger partial charge in [-0.1, -0.05) is 28.1 Å². The van der Waals surface area contributed by atoms with Crippen molar-refractivity contribution < 1.29 is 27.5 Å². The van der Waals surface area contributed by atoms with Crippen LogP contribution in [0.1, 0.15) is 5.56 Å². The van der Waals surface area contributed by atoms with Crippen LogP contribution in [0.4, 0.5) is 18.9 Å². The quantitative estimate of drug-likeness (QED) is 0.440. The number of carbonyl (C=O) groups excluding carboxylic acids is 2. The van der Waals surface area contributed by atoms with Crippen molar-refractivity contribution >= 4 is 33.9 Å². The third-order valence-corrected chi connectivity index (χ3v) is 4.34. The van der Waals surface area contributed by atoms with E-state index in [1.54, 1.807) is 0 Å². The van der Waals surface area contributed by atoms with Crippen LogP contribution >= 0.6 is 15.9 Å². The molecule has 2 aromatic carbocycles. The number of hydrogen-bond donors (Lipinski definition) is 0. The number of benzene rings is 2. The molecule has 0 spiro atoms. The molecular formula is C20H18BrF3N2O3. The fourth-order valence-corrected chi connectivity index (χ4v) is 2.61. The van der Waals surface area contributed by atoms with Gasteiger partial charge in [-0.2, -0.15) is 13.2 Å². The molecule has 0 radical (unpaired) electrons. The smallest absolute Gasteiger partial charge is 0.431 e. The predicted molar refractivity (Wildman–Crippen MR) is 106 cm³/mol. The van der Waals surface area contributed by atoms with Gasteiger partial charge >= 0.3 is 6.18 Å². The van der Waals surface area contributed by atoms with Crippen molar-refractivity contribution in [3.05, 3.63) is 70.3 Å². The van der Waals surface area contributed by atoms with Crippen LogP contribution in [0.25, 0.3) is 0 Å². The van der Waals surface area contributed by atoms with Gasteiger partial charge in [0.1, 0.15) is 18.1 Å². The molecule has 0 unspecified atom stereocenters. The van der Waals surface area contributed by atoms with Crippen LogP contribution in [0.2, 0.25) is 0 Å². The molecule has 0 saturated carbocycles. The highest BCUT2D eigenvalue weighted by atomic mass is 79.9. The first-order valence-electron chi connectivity index (χ1n) is 8.34. The molecular weight excluding hydrogens is 453 g/mol. The zero-order valence-corrected chi connectivity index (χ0v) is 17.2. The number of halogens is 4. The van der Waals surface area contributed by atoms with E-state index in [4.69, 9.17) is 4.74 Å². The Morgan fingerprint density at radius 2 is 1.66 bits per heavy atom. The van der Waals surface area contributed by atoms with Gasteiger partial charge in [-0.3, -0.25) is 9.59 Å². The summed E-state index contributed by atoms with van der Waals surface area (Å²) in [5.74, 6) is -0.626. The van der Waals surface area contributed by atoms with Gasteiger partial charge in [0.25, 0.3) is 5.91 Å². The van der Waals surface area contributed by atoms with E-state index >= 15 is 0 Å². The Labute approximate surface area is 174 Å². The van der Waals surface area contributed by atoms with Crippen LogP contribution in [0.5, 0.6) is 5.75 Å². The average Bonchev–Trinajstić information content (AvgIpc) is 2.66. The van der Waals surface area contributed by atoms with Crippen LogP contribution in [0.3, 0.4) is 0 Å². The maximum Gasteiger partial charge on any atom is 0.431 e. The number of allylic oxidation sites excluding steroid dienone is 1. The van der Waals surface area contributed by atoms with Gasteiger partial charge in [0.15, 0.2) is 0 Å². The molecule has 2 amide bonds. The topological polar surface area (TPSA) is 49.9 Å². The Hall–Kier alpha value is -2.81. The molecule has 154 valence electrons. The van der Waals surface area contributed by atoms with E-state index in [0.717, 1.165) is 29.0 Å². The van der Waals surface area contributed by atoms with E-state index in [2.05, 4.69) is 15.9 Å². The van der Waals surface area contributed by atoms with Crippen LogP contribution in [-0.4, -0.2) is 37.5 Å². The van der Waals surface area contributed by atoms with E-state index in [9.17, 15) is 22.8 Å². The predicted octanol–water partition coefficient (Wildman–Crippen LogP) is 4.53. The van der Waals surface area contributed by atoms with Crippen LogP contribution < -0.4 is 9.64 Å². The molecule has 5 nitrogen and oxygen atoms in total. The molecule has 0 heterocycles. The number of ether oxygens (including phenoxy) is 1. The lowest BCUT2D eigenvalue weighted by atomic mass is 10.2. The lowest BCUT2D eigenvalue weighted by Crippen LogP contribution is -2.32. The second kappa shape index (κ2) is 9.60. The Kier molecular flexibility index (Phi) is 7.44. The van der Waals surface area contributed by atoms with Crippen molar-refractivity contribution in [3.63, 3.8) is 0 Å². The van der Waals surface area contributed by atoms with Crippen LogP contribution in [0, 0.1) is 0 Å². The van der Waals surface area contributed by atoms with Crippen LogP contribution in [-0.2, 0) is 16.2 Å². The monoisotopic (exact) mass is 470 g/mol. The zero-order chi connectivity index (χ0) is 21.6. The molecule has 0 aromatic heterocycles. The highest BCUT2D eigenvalue weighted by Gasteiger charge is 2.36. The summed E-state index contributed by atoms with van der Waals surface area (Å²) in [7, 11) is 2.32. The van der Waals surface area contributed by atoms with Crippen molar-refractivity contribution in [2.75, 3.05) is 19.0 Å². The van der Waals surface area contributed by atoms with Crippen LogP contribution in [0.15, 0.2) is 64.8 Å². The Morgan fingerprint density at radius 1 is 1.07 bits per heavy atom. The van der Waals surface area contributed by atoms with E-state index < -0.39 is 17.8 Å². The summed E-state index contributed by atoms with van der Waals surface area (Å²) in [5, 5.41) is 0. The third kappa shape index (κ3) is 6.35. The van der Waals surface area contributed by atoms with E-state index in [1.807, 2.05) is 24.3 Å². The minimum absolute atomic E-state index is 0.123. The first-order valence-corrected chi connectivity index (χ1v) is 9.13. The van der Waals surface area contributed by atoms with Crippen molar-refractivity contribution in [2.45, 2.75) is 12.8 Å². The molecule has 0 bridgehead atoms. The fourth-order valence-electron chi connectivity index (χ4n) is 2.34. The van der Waals surface area contributed by atoms with Crippen molar-refractivity contribution in [2.24, 2.45) is 0 Å². The maximum absolute atomic E-state index is 13.0. The normalized spacial score (nSPS) is 11.7. The Morgan fingerprint density at radius 3 is 2.14 bits per heavy atom. The molecule has 2 aromatic rings. The first kappa shape index (κ1) is 22.5. The summed E-state index contributed by atoms with van der Waals surface area (Å²) in [4.78, 5) is 24.9. The summed E-state index contributed by atoms with van der Waals surface area (Å²) in [6, 6.07) is 13.4. The molecule has 0 aliphatic heterocycles. The lowest BCUT2D eigenvalue weighted by Gasteiger charge is -2.21. The second-order valence-corrected chi connectivity index (χ2v) is 7.06. The highest BCUT2D eigenvalue weighted by molar-refractivity contribution is 9.10. The minimum atomic E-state index is -4.72. The van der Waals surface area contributed by atoms with E-state index in [0.29, 0.717) is 23.3 Å². The van der Waals surface area contributed by atoms with Gasteiger partial charge in [-0.15, -0.1) is 0 Å². The Balaban J connectivity index is 2.12. The average molecular weight is 471 g/mol. The standard InChI is InChI=1S/C20H18BrF3N2O3/c1-25(2)18(20(22,23)24)11-19(28)26(13-27)16-7-9-17(10-8-16)29-12-14-3-5-15(21)6-4-14/h3-11,13H,12H2,1-2H3/b18-11-. The van der Waals surface area contributed by atoms with Gasteiger partial charge in [-0.05, 0) is 42.0 Å². The minimum Gasteiger partial charge on any atom is -0.489 e. The molecule has 9 heteroatoms. The van der Waals surface area contributed by atoms with E-state index in [1.165, 1.54) is 24.3 Å². The fraction of sp³-hybridized carbons (Fsp3) is 0.200.